The average Bonchev–Trinajstić information content (AvgIpc) is 2.91. The van der Waals surface area contributed by atoms with Crippen LogP contribution in [0, 0.1) is 11.2 Å². The van der Waals surface area contributed by atoms with Gasteiger partial charge in [-0.05, 0) is 77.8 Å². The van der Waals surface area contributed by atoms with E-state index in [1.807, 2.05) is 33.0 Å². The summed E-state index contributed by atoms with van der Waals surface area (Å²) >= 11 is 0. The lowest BCUT2D eigenvalue weighted by Gasteiger charge is -2.59. The molecule has 2 aromatic heterocycles. The Balaban J connectivity index is 1.13. The van der Waals surface area contributed by atoms with Crippen LogP contribution in [-0.2, 0) is 6.42 Å². The minimum absolute atomic E-state index is 0.0312. The van der Waals surface area contributed by atoms with Crippen molar-refractivity contribution in [3.8, 4) is 17.2 Å². The van der Waals surface area contributed by atoms with Gasteiger partial charge in [0.25, 0.3) is 5.91 Å². The van der Waals surface area contributed by atoms with Crippen LogP contribution in [0.3, 0.4) is 0 Å². The van der Waals surface area contributed by atoms with Crippen molar-refractivity contribution in [2.45, 2.75) is 65.1 Å². The van der Waals surface area contributed by atoms with Crippen molar-refractivity contribution < 1.29 is 18.7 Å². The van der Waals surface area contributed by atoms with Crippen LogP contribution >= 0.6 is 0 Å². The molecular weight excluding hydrogens is 523 g/mol. The van der Waals surface area contributed by atoms with Crippen molar-refractivity contribution in [1.29, 1.82) is 0 Å². The minimum Gasteiger partial charge on any atom is -0.490 e. The van der Waals surface area contributed by atoms with Gasteiger partial charge in [-0.1, -0.05) is 0 Å². The molecule has 1 N–H and O–H groups in total. The monoisotopic (exact) mass is 560 g/mol. The number of hydrogen-bond donors (Lipinski definition) is 1. The fourth-order valence-electron chi connectivity index (χ4n) is 6.47. The van der Waals surface area contributed by atoms with Crippen molar-refractivity contribution in [3.63, 3.8) is 0 Å². The highest BCUT2D eigenvalue weighted by atomic mass is 19.1. The van der Waals surface area contributed by atoms with Gasteiger partial charge in [-0.3, -0.25) is 9.78 Å². The van der Waals surface area contributed by atoms with E-state index >= 15 is 0 Å². The van der Waals surface area contributed by atoms with E-state index in [0.717, 1.165) is 50.3 Å². The zero-order chi connectivity index (χ0) is 28.7. The summed E-state index contributed by atoms with van der Waals surface area (Å²) in [7, 11) is 0. The van der Waals surface area contributed by atoms with Crippen molar-refractivity contribution >= 4 is 11.7 Å². The molecule has 1 unspecified atom stereocenters. The first kappa shape index (κ1) is 27.4. The molecule has 1 saturated heterocycles. The summed E-state index contributed by atoms with van der Waals surface area (Å²) in [5, 5.41) is 3.46. The largest absolute Gasteiger partial charge is 0.490 e. The van der Waals surface area contributed by atoms with E-state index in [1.165, 1.54) is 30.1 Å². The Bertz CT molecular complexity index is 1440. The summed E-state index contributed by atoms with van der Waals surface area (Å²) in [5.41, 5.74) is 2.68. The average molecular weight is 561 g/mol. The molecule has 1 aliphatic carbocycles. The van der Waals surface area contributed by atoms with Crippen LogP contribution in [0.5, 0.6) is 17.2 Å². The summed E-state index contributed by atoms with van der Waals surface area (Å²) in [6.07, 6.45) is 8.01. The lowest BCUT2D eigenvalue weighted by molar-refractivity contribution is -0.0349. The normalized spacial score (nSPS) is 19.4. The summed E-state index contributed by atoms with van der Waals surface area (Å²) < 4.78 is 26.9. The maximum absolute atomic E-state index is 14.2. The molecule has 41 heavy (non-hydrogen) atoms. The Morgan fingerprint density at radius 3 is 2.76 bits per heavy atom. The number of aromatic nitrogens is 3. The number of carbonyl (C=O) groups excluding carboxylic acids is 1. The summed E-state index contributed by atoms with van der Waals surface area (Å²) in [6, 6.07) is 6.23. The molecule has 0 bridgehead atoms. The second kappa shape index (κ2) is 10.9. The summed E-state index contributed by atoms with van der Waals surface area (Å²) in [6.45, 7) is 11.0. The Labute approximate surface area is 240 Å². The first-order chi connectivity index (χ1) is 19.8. The number of benzene rings is 1. The third kappa shape index (κ3) is 5.21. The summed E-state index contributed by atoms with van der Waals surface area (Å²) in [4.78, 5) is 30.4. The molecule has 1 saturated carbocycles. The fourth-order valence-corrected chi connectivity index (χ4v) is 6.47. The van der Waals surface area contributed by atoms with Crippen LogP contribution in [-0.4, -0.2) is 64.1 Å². The molecular formula is C31H37FN6O3. The van der Waals surface area contributed by atoms with Gasteiger partial charge in [-0.25, -0.2) is 14.4 Å². The van der Waals surface area contributed by atoms with Gasteiger partial charge in [-0.2, -0.15) is 0 Å². The van der Waals surface area contributed by atoms with Crippen molar-refractivity contribution in [3.05, 3.63) is 65.6 Å². The van der Waals surface area contributed by atoms with E-state index < -0.39 is 5.82 Å². The summed E-state index contributed by atoms with van der Waals surface area (Å²) in [5.74, 6) is 1.58. The van der Waals surface area contributed by atoms with E-state index in [0.29, 0.717) is 18.1 Å². The number of ether oxygens (including phenoxy) is 2. The zero-order valence-electron chi connectivity index (χ0n) is 24.1. The number of pyridine rings is 1. The van der Waals surface area contributed by atoms with E-state index in [1.54, 1.807) is 11.1 Å². The quantitative estimate of drug-likeness (QED) is 0.415. The highest BCUT2D eigenvalue weighted by molar-refractivity contribution is 5.97. The van der Waals surface area contributed by atoms with Crippen molar-refractivity contribution in [2.24, 2.45) is 5.41 Å². The third-order valence-corrected chi connectivity index (χ3v) is 8.52. The van der Waals surface area contributed by atoms with E-state index in [2.05, 4.69) is 32.1 Å². The lowest BCUT2D eigenvalue weighted by Crippen LogP contribution is -2.65. The van der Waals surface area contributed by atoms with Crippen LogP contribution in [0.4, 0.5) is 10.2 Å². The second-order valence-electron chi connectivity index (χ2n) is 11.7. The SMILES string of the molecule is CCN(C(=O)c1cc(F)ccc1Oc1cncnc1N1CC2(CC(Oc3ccnc4c3CCNC4C)C2)C1)C(C)C. The standard InChI is InChI=1S/C31H37FN6O3/c1-5-38(19(2)3)30(39)24-12-21(32)6-7-25(24)41-27-15-33-18-36-29(27)37-16-31(17-37)13-22(14-31)40-26-9-11-35-28-20(4)34-10-8-23(26)28/h6-7,9,11-12,15,18-20,22,34H,5,8,10,13-14,16-17H2,1-4H3. The molecule has 1 atom stereocenters. The van der Waals surface area contributed by atoms with Gasteiger partial charge >= 0.3 is 0 Å². The van der Waals surface area contributed by atoms with Crippen LogP contribution in [0.25, 0.3) is 0 Å². The van der Waals surface area contributed by atoms with Gasteiger partial charge in [0.15, 0.2) is 11.6 Å². The molecule has 1 aromatic carbocycles. The predicted molar refractivity (Wildman–Crippen MR) is 153 cm³/mol. The van der Waals surface area contributed by atoms with Crippen LogP contribution in [0.1, 0.15) is 68.2 Å². The zero-order valence-corrected chi connectivity index (χ0v) is 24.1. The number of carbonyl (C=O) groups is 1. The van der Waals surface area contributed by atoms with Crippen LogP contribution in [0.15, 0.2) is 43.0 Å². The molecule has 1 amide bonds. The number of amides is 1. The van der Waals surface area contributed by atoms with Gasteiger partial charge in [0.05, 0.1) is 17.5 Å². The van der Waals surface area contributed by atoms with Gasteiger partial charge < -0.3 is 24.6 Å². The van der Waals surface area contributed by atoms with Gasteiger partial charge in [0.1, 0.15) is 29.7 Å². The van der Waals surface area contributed by atoms with Crippen LogP contribution < -0.4 is 19.7 Å². The number of rotatable bonds is 8. The van der Waals surface area contributed by atoms with Gasteiger partial charge in [0, 0.05) is 48.9 Å². The Morgan fingerprint density at radius 1 is 1.20 bits per heavy atom. The predicted octanol–water partition coefficient (Wildman–Crippen LogP) is 4.93. The van der Waals surface area contributed by atoms with E-state index in [4.69, 9.17) is 9.47 Å². The maximum Gasteiger partial charge on any atom is 0.257 e. The number of hydrogen-bond acceptors (Lipinski definition) is 8. The number of nitrogens with one attached hydrogen (secondary N) is 1. The van der Waals surface area contributed by atoms with Crippen molar-refractivity contribution in [1.82, 2.24) is 25.2 Å². The first-order valence-corrected chi connectivity index (χ1v) is 14.5. The Hall–Kier alpha value is -3.79. The topological polar surface area (TPSA) is 92.7 Å². The third-order valence-electron chi connectivity index (χ3n) is 8.52. The fraction of sp³-hybridized carbons (Fsp3) is 0.484. The molecule has 4 heterocycles. The molecule has 3 aliphatic rings. The number of halogens is 1. The highest BCUT2D eigenvalue weighted by Crippen LogP contribution is 2.52. The first-order valence-electron chi connectivity index (χ1n) is 14.5. The number of anilines is 1. The molecule has 2 aliphatic heterocycles. The molecule has 2 fully saturated rings. The van der Waals surface area contributed by atoms with Gasteiger partial charge in [-0.15, -0.1) is 0 Å². The molecule has 0 radical (unpaired) electrons. The van der Waals surface area contributed by atoms with Crippen LogP contribution in [0.2, 0.25) is 0 Å². The number of fused-ring (bicyclic) bond motifs is 1. The number of nitrogens with zero attached hydrogens (tertiary/aromatic N) is 5. The molecule has 3 aromatic rings. The van der Waals surface area contributed by atoms with E-state index in [-0.39, 0.29) is 40.8 Å². The van der Waals surface area contributed by atoms with E-state index in [9.17, 15) is 9.18 Å². The highest BCUT2D eigenvalue weighted by Gasteiger charge is 2.54. The lowest BCUT2D eigenvalue weighted by atomic mass is 9.61. The molecule has 1 spiro atoms. The Morgan fingerprint density at radius 2 is 2.00 bits per heavy atom. The molecule has 9 nitrogen and oxygen atoms in total. The second-order valence-corrected chi connectivity index (χ2v) is 11.7. The minimum atomic E-state index is -0.491. The van der Waals surface area contributed by atoms with Crippen molar-refractivity contribution in [2.75, 3.05) is 31.1 Å². The molecule has 10 heteroatoms. The molecule has 6 rings (SSSR count). The smallest absolute Gasteiger partial charge is 0.257 e. The van der Waals surface area contributed by atoms with Gasteiger partial charge in [0.2, 0.25) is 0 Å². The Kier molecular flexibility index (Phi) is 7.27. The maximum atomic E-state index is 14.2. The molecule has 216 valence electrons.